The smallest absolute Gasteiger partial charge is 0.261 e. The molecule has 5 rings (SSSR count). The normalized spacial score (nSPS) is 16.3. The van der Waals surface area contributed by atoms with Crippen molar-refractivity contribution in [1.82, 2.24) is 20.0 Å². The fourth-order valence-electron chi connectivity index (χ4n) is 5.13. The van der Waals surface area contributed by atoms with E-state index in [-0.39, 0.29) is 17.7 Å². The van der Waals surface area contributed by atoms with E-state index in [1.807, 2.05) is 48.5 Å². The maximum absolute atomic E-state index is 13.1. The molecule has 2 aliphatic heterocycles. The first kappa shape index (κ1) is 24.9. The van der Waals surface area contributed by atoms with Crippen LogP contribution in [0.3, 0.4) is 0 Å². The van der Waals surface area contributed by atoms with E-state index in [0.717, 1.165) is 54.7 Å². The minimum Gasteiger partial charge on any atom is -0.497 e. The average Bonchev–Trinajstić information content (AvgIpc) is 2.92. The zero-order valence-electron chi connectivity index (χ0n) is 21.1. The van der Waals surface area contributed by atoms with Crippen molar-refractivity contribution in [3.63, 3.8) is 0 Å². The zero-order valence-corrected chi connectivity index (χ0v) is 21.1. The number of hydrogen-bond donors (Lipinski definition) is 1. The monoisotopic (exact) mass is 500 g/mol. The topological polar surface area (TPSA) is 82.2 Å². The summed E-state index contributed by atoms with van der Waals surface area (Å²) in [7, 11) is 1.65. The van der Waals surface area contributed by atoms with Gasteiger partial charge in [-0.2, -0.15) is 0 Å². The van der Waals surface area contributed by atoms with E-state index < -0.39 is 0 Å². The molecule has 0 spiro atoms. The third-order valence-electron chi connectivity index (χ3n) is 7.20. The molecule has 1 saturated heterocycles. The van der Waals surface area contributed by atoms with Gasteiger partial charge in [-0.25, -0.2) is 0 Å². The fourth-order valence-corrected chi connectivity index (χ4v) is 5.13. The molecule has 1 fully saturated rings. The van der Waals surface area contributed by atoms with Gasteiger partial charge in [0.25, 0.3) is 11.8 Å². The number of benzene rings is 3. The molecule has 0 saturated carbocycles. The highest BCUT2D eigenvalue weighted by molar-refractivity contribution is 6.25. The van der Waals surface area contributed by atoms with Crippen LogP contribution in [0.2, 0.25) is 0 Å². The molecule has 3 amide bonds. The Bertz CT molecular complexity index is 1270. The lowest BCUT2D eigenvalue weighted by molar-refractivity contribution is -0.122. The second kappa shape index (κ2) is 11.1. The van der Waals surface area contributed by atoms with Gasteiger partial charge in [-0.05, 0) is 41.6 Å². The summed E-state index contributed by atoms with van der Waals surface area (Å²) < 4.78 is 5.25. The zero-order chi connectivity index (χ0) is 25.8. The van der Waals surface area contributed by atoms with E-state index in [4.69, 9.17) is 4.74 Å². The van der Waals surface area contributed by atoms with Crippen LogP contribution in [-0.2, 0) is 11.2 Å². The third-order valence-corrected chi connectivity index (χ3v) is 7.20. The number of piperazine rings is 1. The molecule has 192 valence electrons. The summed E-state index contributed by atoms with van der Waals surface area (Å²) in [4.78, 5) is 44.4. The van der Waals surface area contributed by atoms with E-state index in [2.05, 4.69) is 15.1 Å². The maximum Gasteiger partial charge on any atom is 0.261 e. The summed E-state index contributed by atoms with van der Waals surface area (Å²) in [6, 6.07) is 19.0. The summed E-state index contributed by atoms with van der Waals surface area (Å²) in [5.74, 6) is 0.392. The van der Waals surface area contributed by atoms with Crippen molar-refractivity contribution >= 4 is 28.5 Å². The molecule has 2 aliphatic rings. The van der Waals surface area contributed by atoms with Gasteiger partial charge in [0.1, 0.15) is 5.75 Å². The van der Waals surface area contributed by atoms with Crippen LogP contribution < -0.4 is 10.1 Å². The van der Waals surface area contributed by atoms with Gasteiger partial charge < -0.3 is 10.1 Å². The Kier molecular flexibility index (Phi) is 7.48. The standard InChI is InChI=1S/C29H32N4O4/c1-37-23-8-2-5-21(19-23)11-12-30-26(34)20-32-15-13-31(14-16-32)17-18-33-28(35)24-9-3-6-22-7-4-10-25(27(22)24)29(33)36/h2-10,19H,11-18,20H2,1H3,(H,30,34). The highest BCUT2D eigenvalue weighted by Gasteiger charge is 2.32. The number of amides is 3. The van der Waals surface area contributed by atoms with Gasteiger partial charge >= 0.3 is 0 Å². The molecule has 2 heterocycles. The Balaban J connectivity index is 1.06. The molecule has 3 aromatic rings. The molecular weight excluding hydrogens is 468 g/mol. The molecule has 0 aromatic heterocycles. The third kappa shape index (κ3) is 5.50. The quantitative estimate of drug-likeness (QED) is 0.455. The molecule has 1 N–H and O–H groups in total. The largest absolute Gasteiger partial charge is 0.497 e. The summed E-state index contributed by atoms with van der Waals surface area (Å²) in [5.41, 5.74) is 2.31. The van der Waals surface area contributed by atoms with Crippen LogP contribution in [0.5, 0.6) is 5.75 Å². The number of imide groups is 1. The SMILES string of the molecule is COc1cccc(CCNC(=O)CN2CCN(CCN3C(=O)c4cccc5cccc(c45)C3=O)CC2)c1. The Hall–Kier alpha value is -3.75. The number of methoxy groups -OCH3 is 1. The molecular formula is C29H32N4O4. The molecule has 8 heteroatoms. The molecule has 0 unspecified atom stereocenters. The Morgan fingerprint density at radius 2 is 1.51 bits per heavy atom. The second-order valence-electron chi connectivity index (χ2n) is 9.54. The van der Waals surface area contributed by atoms with Crippen molar-refractivity contribution in [3.8, 4) is 5.75 Å². The molecule has 0 atom stereocenters. The first-order chi connectivity index (χ1) is 18.0. The molecule has 0 bridgehead atoms. The number of carbonyl (C=O) groups is 3. The fraction of sp³-hybridized carbons (Fsp3) is 0.345. The lowest BCUT2D eigenvalue weighted by Gasteiger charge is -2.35. The summed E-state index contributed by atoms with van der Waals surface area (Å²) in [6.07, 6.45) is 0.754. The van der Waals surface area contributed by atoms with Crippen LogP contribution in [0.25, 0.3) is 10.8 Å². The predicted molar refractivity (Wildman–Crippen MR) is 142 cm³/mol. The van der Waals surface area contributed by atoms with Crippen molar-refractivity contribution < 1.29 is 19.1 Å². The van der Waals surface area contributed by atoms with E-state index >= 15 is 0 Å². The summed E-state index contributed by atoms with van der Waals surface area (Å²) >= 11 is 0. The van der Waals surface area contributed by atoms with E-state index in [0.29, 0.717) is 37.3 Å². The number of ether oxygens (including phenoxy) is 1. The summed E-state index contributed by atoms with van der Waals surface area (Å²) in [5, 5.41) is 4.67. The van der Waals surface area contributed by atoms with Gasteiger partial charge in [0, 0.05) is 62.3 Å². The van der Waals surface area contributed by atoms with Crippen molar-refractivity contribution in [1.29, 1.82) is 0 Å². The molecule has 8 nitrogen and oxygen atoms in total. The van der Waals surface area contributed by atoms with Crippen LogP contribution in [0, 0.1) is 0 Å². The van der Waals surface area contributed by atoms with Crippen molar-refractivity contribution in [2.75, 3.05) is 59.5 Å². The van der Waals surface area contributed by atoms with Crippen LogP contribution in [0.4, 0.5) is 0 Å². The number of nitrogens with one attached hydrogen (secondary N) is 1. The Morgan fingerprint density at radius 1 is 0.865 bits per heavy atom. The molecule has 0 aliphatic carbocycles. The number of carbonyl (C=O) groups excluding carboxylic acids is 3. The van der Waals surface area contributed by atoms with Gasteiger partial charge in [-0.15, -0.1) is 0 Å². The molecule has 3 aromatic carbocycles. The van der Waals surface area contributed by atoms with Gasteiger partial charge in [0.15, 0.2) is 0 Å². The van der Waals surface area contributed by atoms with Crippen molar-refractivity contribution in [3.05, 3.63) is 77.4 Å². The maximum atomic E-state index is 13.1. The van der Waals surface area contributed by atoms with Crippen molar-refractivity contribution in [2.24, 2.45) is 0 Å². The Morgan fingerprint density at radius 3 is 2.19 bits per heavy atom. The highest BCUT2D eigenvalue weighted by Crippen LogP contribution is 2.29. The van der Waals surface area contributed by atoms with Gasteiger partial charge in [-0.1, -0.05) is 36.4 Å². The average molecular weight is 501 g/mol. The van der Waals surface area contributed by atoms with E-state index in [1.165, 1.54) is 4.90 Å². The van der Waals surface area contributed by atoms with Crippen molar-refractivity contribution in [2.45, 2.75) is 6.42 Å². The Labute approximate surface area is 216 Å². The van der Waals surface area contributed by atoms with E-state index in [9.17, 15) is 14.4 Å². The molecule has 37 heavy (non-hydrogen) atoms. The first-order valence-electron chi connectivity index (χ1n) is 12.8. The first-order valence-corrected chi connectivity index (χ1v) is 12.8. The van der Waals surface area contributed by atoms with Gasteiger partial charge in [-0.3, -0.25) is 29.1 Å². The number of rotatable bonds is 9. The minimum atomic E-state index is -0.224. The van der Waals surface area contributed by atoms with E-state index in [1.54, 1.807) is 19.2 Å². The highest BCUT2D eigenvalue weighted by atomic mass is 16.5. The van der Waals surface area contributed by atoms with Crippen LogP contribution in [0.1, 0.15) is 26.3 Å². The van der Waals surface area contributed by atoms with Crippen LogP contribution in [0.15, 0.2) is 60.7 Å². The van der Waals surface area contributed by atoms with Gasteiger partial charge in [0.05, 0.1) is 13.7 Å². The van der Waals surface area contributed by atoms with Crippen LogP contribution >= 0.6 is 0 Å². The lowest BCUT2D eigenvalue weighted by atomic mass is 9.94. The number of nitrogens with zero attached hydrogens (tertiary/aromatic N) is 3. The molecule has 0 radical (unpaired) electrons. The van der Waals surface area contributed by atoms with Crippen LogP contribution in [-0.4, -0.2) is 91.9 Å². The predicted octanol–water partition coefficient (Wildman–Crippen LogP) is 2.42. The minimum absolute atomic E-state index is 0.0219. The lowest BCUT2D eigenvalue weighted by Crippen LogP contribution is -2.52. The number of hydrogen-bond acceptors (Lipinski definition) is 6. The second-order valence-corrected chi connectivity index (χ2v) is 9.54. The summed E-state index contributed by atoms with van der Waals surface area (Å²) in [6.45, 7) is 5.06. The van der Waals surface area contributed by atoms with Gasteiger partial charge in [0.2, 0.25) is 5.91 Å².